The molecule has 0 N–H and O–H groups in total. The van der Waals surface area contributed by atoms with Gasteiger partial charge in [-0.25, -0.2) is 0 Å². The Kier molecular flexibility index (Phi) is 13.9. The summed E-state index contributed by atoms with van der Waals surface area (Å²) in [6.07, 6.45) is 3.82. The van der Waals surface area contributed by atoms with Crippen molar-refractivity contribution in [3.8, 4) is 0 Å². The van der Waals surface area contributed by atoms with E-state index in [9.17, 15) is 0 Å². The average Bonchev–Trinajstić information content (AvgIpc) is 2.44. The maximum atomic E-state index is 3.77. The fraction of sp³-hybridized carbons (Fsp3) is 0.833. The molecular weight excluding hydrogens is 616 g/mol. The second-order valence-electron chi connectivity index (χ2n) is 9.12. The van der Waals surface area contributed by atoms with E-state index in [1.807, 2.05) is 11.8 Å². The van der Waals surface area contributed by atoms with E-state index in [2.05, 4.69) is 81.4 Å². The second kappa shape index (κ2) is 10.6. The summed E-state index contributed by atoms with van der Waals surface area (Å²) >= 11 is 2.04. The van der Waals surface area contributed by atoms with E-state index >= 15 is 0 Å². The molecule has 1 fully saturated rings. The van der Waals surface area contributed by atoms with Crippen molar-refractivity contribution in [3.05, 3.63) is 19.1 Å². The first kappa shape index (κ1) is 27.6. The Labute approximate surface area is 168 Å². The normalized spacial score (nSPS) is 22.6. The van der Waals surface area contributed by atoms with Gasteiger partial charge in [-0.15, -0.1) is 0 Å². The van der Waals surface area contributed by atoms with Gasteiger partial charge in [-0.3, -0.25) is 11.7 Å². The third-order valence-electron chi connectivity index (χ3n) is 2.58. The van der Waals surface area contributed by atoms with E-state index < -0.39 is 0 Å². The van der Waals surface area contributed by atoms with Crippen molar-refractivity contribution in [1.29, 1.82) is 0 Å². The molecule has 0 bridgehead atoms. The van der Waals surface area contributed by atoms with Crippen LogP contribution in [0.5, 0.6) is 0 Å². The summed E-state index contributed by atoms with van der Waals surface area (Å²) in [4.78, 5) is 0. The van der Waals surface area contributed by atoms with E-state index in [0.717, 1.165) is 5.25 Å². The van der Waals surface area contributed by atoms with Gasteiger partial charge in [-0.05, 0) is 10.7 Å². The van der Waals surface area contributed by atoms with Gasteiger partial charge in [-0.1, -0.05) is 68.7 Å². The summed E-state index contributed by atoms with van der Waals surface area (Å²) in [5.74, 6) is 3.14. The fourth-order valence-corrected chi connectivity index (χ4v) is 3.18. The van der Waals surface area contributed by atoms with E-state index in [4.69, 9.17) is 0 Å². The Balaban J connectivity index is -0.000000405. The van der Waals surface area contributed by atoms with E-state index in [-0.39, 0.29) is 47.5 Å². The molecule has 0 spiro atoms. The van der Waals surface area contributed by atoms with Crippen molar-refractivity contribution in [3.63, 3.8) is 0 Å². The third-order valence-corrected chi connectivity index (χ3v) is 4.32. The maximum Gasteiger partial charge on any atom is 2.00 e. The predicted molar refractivity (Wildman–Crippen MR) is 91.8 cm³/mol. The first-order chi connectivity index (χ1) is 8.18. The van der Waals surface area contributed by atoms with Crippen molar-refractivity contribution in [2.45, 2.75) is 74.0 Å². The Morgan fingerprint density at radius 1 is 1.00 bits per heavy atom. The van der Waals surface area contributed by atoms with Gasteiger partial charge in [0.2, 0.25) is 0 Å². The minimum absolute atomic E-state index is 0. The van der Waals surface area contributed by atoms with Crippen LogP contribution in [0.3, 0.4) is 0 Å². The standard InChI is InChI=1S/C13H24S.C5H11.2W/c1-12(2,3)8-10-7-11(14-9-10)13(4,5)6;1-5(2,3)4;;/h8-11H,7H2,1-6H3;1H2,2-4H3;;/q-2;-1;;+2. The van der Waals surface area contributed by atoms with Crippen LogP contribution in [0.25, 0.3) is 0 Å². The molecule has 1 saturated heterocycles. The molecule has 126 valence electrons. The summed E-state index contributed by atoms with van der Waals surface area (Å²) in [5.41, 5.74) is 1.05. The van der Waals surface area contributed by atoms with Gasteiger partial charge in [0.15, 0.2) is 0 Å². The molecule has 1 aliphatic rings. The van der Waals surface area contributed by atoms with Crippen LogP contribution >= 0.6 is 11.8 Å². The molecular formula is C18H35SW2-. The summed E-state index contributed by atoms with van der Waals surface area (Å²) in [5, 5.41) is 0.797. The van der Waals surface area contributed by atoms with E-state index in [0.29, 0.717) is 16.7 Å². The Hall–Kier alpha value is 1.73. The first-order valence-electron chi connectivity index (χ1n) is 7.39. The molecule has 3 heteroatoms. The number of rotatable bonds is 1. The molecule has 1 aliphatic heterocycles. The first-order valence-corrected chi connectivity index (χ1v) is 8.33. The van der Waals surface area contributed by atoms with Crippen molar-refractivity contribution in [2.75, 3.05) is 0 Å². The molecule has 0 aromatic rings. The topological polar surface area (TPSA) is 0 Å². The van der Waals surface area contributed by atoms with Gasteiger partial charge >= 0.3 is 21.1 Å². The smallest absolute Gasteiger partial charge is 0.350 e. The number of hydrogen-bond donors (Lipinski definition) is 0. The Bertz CT molecular complexity index is 250. The molecule has 2 unspecified atom stereocenters. The zero-order valence-corrected chi connectivity index (χ0v) is 22.1. The zero-order chi connectivity index (χ0) is 15.5. The van der Waals surface area contributed by atoms with Crippen LogP contribution in [0.15, 0.2) is 0 Å². The van der Waals surface area contributed by atoms with Crippen LogP contribution in [0.1, 0.15) is 68.7 Å². The Morgan fingerprint density at radius 3 is 1.62 bits per heavy atom. The molecule has 0 radical (unpaired) electrons. The van der Waals surface area contributed by atoms with Crippen molar-refractivity contribution >= 4 is 11.8 Å². The van der Waals surface area contributed by atoms with Crippen molar-refractivity contribution < 1.29 is 42.1 Å². The summed E-state index contributed by atoms with van der Waals surface area (Å²) in [6.45, 7) is 23.9. The van der Waals surface area contributed by atoms with Crippen LogP contribution in [0.4, 0.5) is 0 Å². The van der Waals surface area contributed by atoms with E-state index in [1.54, 1.807) is 0 Å². The van der Waals surface area contributed by atoms with E-state index in [1.165, 1.54) is 6.42 Å². The fourth-order valence-electron chi connectivity index (χ4n) is 1.86. The van der Waals surface area contributed by atoms with Gasteiger partial charge in [0.05, 0.1) is 0 Å². The largest absolute Gasteiger partial charge is 2.00 e. The van der Waals surface area contributed by atoms with Gasteiger partial charge in [0, 0.05) is 21.1 Å². The quantitative estimate of drug-likeness (QED) is 0.295. The summed E-state index contributed by atoms with van der Waals surface area (Å²) in [6, 6.07) is 0. The summed E-state index contributed by atoms with van der Waals surface area (Å²) < 4.78 is 0. The van der Waals surface area contributed by atoms with Crippen LogP contribution < -0.4 is 0 Å². The van der Waals surface area contributed by atoms with Crippen LogP contribution in [0.2, 0.25) is 0 Å². The predicted octanol–water partition coefficient (Wildman–Crippen LogP) is 6.43. The molecule has 21 heavy (non-hydrogen) atoms. The minimum atomic E-state index is 0. The molecule has 0 nitrogen and oxygen atoms in total. The summed E-state index contributed by atoms with van der Waals surface area (Å²) in [7, 11) is 0. The molecule has 0 aliphatic carbocycles. The molecule has 1 rings (SSSR count). The SMILES string of the molecule is CC(C)(C)[CH-]C1[CH-]SC(C(C)(C)C)C1.[CH2-]C(C)(C)C.[W+2].[W]. The molecule has 0 amide bonds. The molecule has 0 aromatic heterocycles. The zero-order valence-electron chi connectivity index (χ0n) is 15.4. The van der Waals surface area contributed by atoms with Crippen LogP contribution in [-0.4, -0.2) is 5.25 Å². The van der Waals surface area contributed by atoms with Gasteiger partial charge < -0.3 is 25.1 Å². The van der Waals surface area contributed by atoms with Crippen molar-refractivity contribution in [2.24, 2.45) is 22.2 Å². The van der Waals surface area contributed by atoms with Crippen LogP contribution in [0, 0.1) is 41.3 Å². The number of thioether (sulfide) groups is 1. The van der Waals surface area contributed by atoms with Gasteiger partial charge in [-0.2, -0.15) is 10.8 Å². The molecule has 0 aromatic carbocycles. The maximum absolute atomic E-state index is 3.77. The Morgan fingerprint density at radius 2 is 1.38 bits per heavy atom. The van der Waals surface area contributed by atoms with Crippen molar-refractivity contribution in [1.82, 2.24) is 0 Å². The minimum Gasteiger partial charge on any atom is -0.350 e. The second-order valence-corrected chi connectivity index (χ2v) is 10.2. The van der Waals surface area contributed by atoms with Gasteiger partial charge in [0.25, 0.3) is 0 Å². The molecule has 2 atom stereocenters. The number of hydrogen-bond acceptors (Lipinski definition) is 1. The average molecular weight is 651 g/mol. The third kappa shape index (κ3) is 17.9. The molecule has 0 saturated carbocycles. The monoisotopic (exact) mass is 651 g/mol. The molecule has 1 heterocycles. The van der Waals surface area contributed by atoms with Gasteiger partial charge in [0.1, 0.15) is 0 Å². The van der Waals surface area contributed by atoms with Crippen LogP contribution in [-0.2, 0) is 42.1 Å².